The van der Waals surface area contributed by atoms with Crippen molar-refractivity contribution in [2.75, 3.05) is 0 Å². The summed E-state index contributed by atoms with van der Waals surface area (Å²) in [5.74, 6) is 0.00212. The largest absolute Gasteiger partial charge is 0.444 e. The first-order valence-electron chi connectivity index (χ1n) is 8.22. The summed E-state index contributed by atoms with van der Waals surface area (Å²) in [6, 6.07) is 21.5. The summed E-state index contributed by atoms with van der Waals surface area (Å²) in [5, 5.41) is 8.62. The summed E-state index contributed by atoms with van der Waals surface area (Å²) in [7, 11) is 0. The molecule has 0 atom stereocenters. The molecule has 0 radical (unpaired) electrons. The number of hydrogen-bond acceptors (Lipinski definition) is 3. The zero-order chi connectivity index (χ0) is 17.9. The van der Waals surface area contributed by atoms with E-state index in [9.17, 15) is 4.79 Å². The fourth-order valence-electron chi connectivity index (χ4n) is 2.89. The van der Waals surface area contributed by atoms with Crippen LogP contribution in [0.4, 0.5) is 0 Å². The van der Waals surface area contributed by atoms with E-state index in [-0.39, 0.29) is 11.7 Å². The number of aromatic nitrogens is 2. The maximum absolute atomic E-state index is 12.2. The molecule has 5 nitrogen and oxygen atoms in total. The van der Waals surface area contributed by atoms with Gasteiger partial charge in [-0.25, -0.2) is 0 Å². The third-order valence-corrected chi connectivity index (χ3v) is 4.55. The summed E-state index contributed by atoms with van der Waals surface area (Å²) in [6.07, 6.45) is 0. The second kappa shape index (κ2) is 7.17. The van der Waals surface area contributed by atoms with Crippen molar-refractivity contribution in [1.29, 1.82) is 0 Å². The molecule has 0 aliphatic heterocycles. The molecule has 2 heterocycles. The van der Waals surface area contributed by atoms with Gasteiger partial charge in [-0.15, -0.1) is 0 Å². The maximum atomic E-state index is 12.2. The van der Waals surface area contributed by atoms with E-state index in [4.69, 9.17) is 9.52 Å². The molecule has 0 unspecified atom stereocenters. The lowest BCUT2D eigenvalue weighted by Crippen LogP contribution is -2.22. The van der Waals surface area contributed by atoms with Gasteiger partial charge < -0.3 is 9.73 Å². The van der Waals surface area contributed by atoms with Crippen LogP contribution in [0, 0.1) is 0 Å². The van der Waals surface area contributed by atoms with Crippen LogP contribution in [-0.2, 0) is 13.1 Å². The Morgan fingerprint density at radius 1 is 1.04 bits per heavy atom. The van der Waals surface area contributed by atoms with Gasteiger partial charge >= 0.3 is 0 Å². The predicted molar refractivity (Wildman–Crippen MR) is 103 cm³/mol. The van der Waals surface area contributed by atoms with Gasteiger partial charge in [0.15, 0.2) is 10.4 Å². The fraction of sp³-hybridized carbons (Fsp3) is 0.100. The van der Waals surface area contributed by atoms with Crippen molar-refractivity contribution < 1.29 is 9.21 Å². The van der Waals surface area contributed by atoms with Gasteiger partial charge in [-0.3, -0.25) is 9.48 Å². The van der Waals surface area contributed by atoms with E-state index in [1.165, 1.54) is 5.56 Å². The van der Waals surface area contributed by atoms with Gasteiger partial charge in [-0.2, -0.15) is 5.10 Å². The summed E-state index contributed by atoms with van der Waals surface area (Å²) in [5.41, 5.74) is 3.05. The second-order valence-corrected chi connectivity index (χ2v) is 6.68. The van der Waals surface area contributed by atoms with Crippen LogP contribution in [0.5, 0.6) is 0 Å². The molecule has 0 fully saturated rings. The van der Waals surface area contributed by atoms with Crippen molar-refractivity contribution in [3.8, 4) is 0 Å². The molecule has 0 aliphatic carbocycles. The zero-order valence-electron chi connectivity index (χ0n) is 13.9. The molecule has 0 saturated heterocycles. The van der Waals surface area contributed by atoms with Crippen molar-refractivity contribution in [1.82, 2.24) is 15.1 Å². The molecule has 1 amide bonds. The van der Waals surface area contributed by atoms with Crippen LogP contribution in [0.2, 0.25) is 0 Å². The van der Waals surface area contributed by atoms with Crippen molar-refractivity contribution in [2.24, 2.45) is 0 Å². The zero-order valence-corrected chi connectivity index (χ0v) is 15.4. The van der Waals surface area contributed by atoms with E-state index < -0.39 is 0 Å². The monoisotopic (exact) mass is 409 g/mol. The Balaban J connectivity index is 1.58. The number of halogens is 1. The number of nitrogens with one attached hydrogen (secondary N) is 1. The molecule has 0 spiro atoms. The number of para-hydroxylation sites is 1. The van der Waals surface area contributed by atoms with Crippen LogP contribution in [0.25, 0.3) is 10.9 Å². The van der Waals surface area contributed by atoms with Crippen LogP contribution in [0.15, 0.2) is 75.8 Å². The Bertz CT molecular complexity index is 1050. The van der Waals surface area contributed by atoms with Gasteiger partial charge in [0, 0.05) is 5.39 Å². The first-order valence-corrected chi connectivity index (χ1v) is 9.02. The average Bonchev–Trinajstić information content (AvgIpc) is 3.25. The van der Waals surface area contributed by atoms with E-state index in [0.717, 1.165) is 16.6 Å². The van der Waals surface area contributed by atoms with Crippen molar-refractivity contribution in [3.05, 3.63) is 88.4 Å². The highest BCUT2D eigenvalue weighted by Gasteiger charge is 2.14. The molecule has 1 N–H and O–H groups in total. The number of furan rings is 1. The van der Waals surface area contributed by atoms with Gasteiger partial charge in [0.05, 0.1) is 24.3 Å². The van der Waals surface area contributed by atoms with Crippen molar-refractivity contribution >= 4 is 32.7 Å². The highest BCUT2D eigenvalue weighted by atomic mass is 79.9. The third-order valence-electron chi connectivity index (χ3n) is 4.12. The molecule has 2 aromatic heterocycles. The summed E-state index contributed by atoms with van der Waals surface area (Å²) < 4.78 is 7.78. The minimum Gasteiger partial charge on any atom is -0.444 e. The topological polar surface area (TPSA) is 60.1 Å². The summed E-state index contributed by atoms with van der Waals surface area (Å²) >= 11 is 3.20. The van der Waals surface area contributed by atoms with E-state index in [1.54, 1.807) is 12.1 Å². The number of amides is 1. The minimum absolute atomic E-state index is 0.266. The van der Waals surface area contributed by atoms with Crippen LogP contribution in [0.1, 0.15) is 21.8 Å². The van der Waals surface area contributed by atoms with Gasteiger partial charge in [-0.05, 0) is 39.7 Å². The maximum Gasteiger partial charge on any atom is 0.287 e. The molecule has 0 bridgehead atoms. The van der Waals surface area contributed by atoms with Gasteiger partial charge in [-0.1, -0.05) is 48.5 Å². The Hall–Kier alpha value is -2.86. The lowest BCUT2D eigenvalue weighted by Gasteiger charge is -2.03. The number of carbonyl (C=O) groups excluding carboxylic acids is 1. The molecule has 4 aromatic rings. The molecule has 0 saturated carbocycles. The quantitative estimate of drug-likeness (QED) is 0.532. The lowest BCUT2D eigenvalue weighted by atomic mass is 10.2. The molecule has 6 heteroatoms. The SMILES string of the molecule is O=C(NCc1nn(Cc2ccccc2)c2ccccc12)c1ccc(Br)o1. The Labute approximate surface area is 158 Å². The molecule has 2 aromatic carbocycles. The van der Waals surface area contributed by atoms with Gasteiger partial charge in [0.2, 0.25) is 0 Å². The van der Waals surface area contributed by atoms with E-state index in [1.807, 2.05) is 47.1 Å². The lowest BCUT2D eigenvalue weighted by molar-refractivity contribution is 0.0921. The summed E-state index contributed by atoms with van der Waals surface area (Å²) in [6.45, 7) is 1.01. The second-order valence-electron chi connectivity index (χ2n) is 5.89. The minimum atomic E-state index is -0.266. The fourth-order valence-corrected chi connectivity index (χ4v) is 3.20. The molecule has 130 valence electrons. The van der Waals surface area contributed by atoms with Gasteiger partial charge in [0.1, 0.15) is 0 Å². The van der Waals surface area contributed by atoms with Crippen LogP contribution >= 0.6 is 15.9 Å². The van der Waals surface area contributed by atoms with Crippen molar-refractivity contribution in [3.63, 3.8) is 0 Å². The number of fused-ring (bicyclic) bond motifs is 1. The van der Waals surface area contributed by atoms with E-state index in [0.29, 0.717) is 17.8 Å². The molecule has 0 aliphatic rings. The molecular formula is C20H16BrN3O2. The third kappa shape index (κ3) is 3.41. The molecule has 26 heavy (non-hydrogen) atoms. The normalized spacial score (nSPS) is 11.0. The number of hydrogen-bond donors (Lipinski definition) is 1. The van der Waals surface area contributed by atoms with E-state index >= 15 is 0 Å². The Kier molecular flexibility index (Phi) is 4.58. The number of rotatable bonds is 5. The number of benzene rings is 2. The van der Waals surface area contributed by atoms with Crippen LogP contribution < -0.4 is 5.32 Å². The predicted octanol–water partition coefficient (Wildman–Crippen LogP) is 4.37. The highest BCUT2D eigenvalue weighted by molar-refractivity contribution is 9.10. The standard InChI is InChI=1S/C20H16BrN3O2/c21-19-11-10-18(26-19)20(25)22-12-16-15-8-4-5-9-17(15)24(23-16)13-14-6-2-1-3-7-14/h1-11H,12-13H2,(H,22,25). The van der Waals surface area contributed by atoms with Crippen LogP contribution in [-0.4, -0.2) is 15.7 Å². The first-order chi connectivity index (χ1) is 12.7. The highest BCUT2D eigenvalue weighted by Crippen LogP contribution is 2.20. The van der Waals surface area contributed by atoms with E-state index in [2.05, 4.69) is 33.4 Å². The molecular weight excluding hydrogens is 394 g/mol. The molecule has 4 rings (SSSR count). The smallest absolute Gasteiger partial charge is 0.287 e. The number of nitrogens with zero attached hydrogens (tertiary/aromatic N) is 2. The summed E-state index contributed by atoms with van der Waals surface area (Å²) in [4.78, 5) is 12.2. The van der Waals surface area contributed by atoms with Crippen LogP contribution in [0.3, 0.4) is 0 Å². The first kappa shape index (κ1) is 16.6. The Morgan fingerprint density at radius 2 is 1.81 bits per heavy atom. The average molecular weight is 410 g/mol. The van der Waals surface area contributed by atoms with Gasteiger partial charge in [0.25, 0.3) is 5.91 Å². The number of carbonyl (C=O) groups is 1. The Morgan fingerprint density at radius 3 is 2.58 bits per heavy atom. The van der Waals surface area contributed by atoms with Crippen molar-refractivity contribution in [2.45, 2.75) is 13.1 Å².